The first-order valence-electron chi connectivity index (χ1n) is 12.5. The van der Waals surface area contributed by atoms with Gasteiger partial charge in [0.15, 0.2) is 0 Å². The highest BCUT2D eigenvalue weighted by Gasteiger charge is 2.57. The smallest absolute Gasteiger partial charge is 0.242 e. The molecule has 3 saturated carbocycles. The number of hydrogen-bond acceptors (Lipinski definition) is 6. The van der Waals surface area contributed by atoms with Crippen LogP contribution in [0.3, 0.4) is 0 Å². The van der Waals surface area contributed by atoms with Crippen LogP contribution in [0.2, 0.25) is 0 Å². The summed E-state index contributed by atoms with van der Waals surface area (Å²) >= 11 is 0. The first-order chi connectivity index (χ1) is 16.8. The maximum Gasteiger partial charge on any atom is 0.242 e. The molecule has 188 valence electrons. The van der Waals surface area contributed by atoms with Crippen LogP contribution in [0.1, 0.15) is 43.7 Å². The second-order valence-electron chi connectivity index (χ2n) is 10.4. The monoisotopic (exact) mass is 483 g/mol. The standard InChI is InChI=1S/C25H34FN7O2/c1-30(2)21-5-4-19(12-20(21)26)23(24(35)29-25-13-18(14-25)15-25)32-8-3-7-31(10-11-32)22(34)6-9-33-17-27-16-28-33/h4-5,12,16-18,23H,3,6-11,13-15H2,1-2H3,(H,29,35). The third-order valence-electron chi connectivity index (χ3n) is 7.71. The Hall–Kier alpha value is -3.01. The highest BCUT2D eigenvalue weighted by Crippen LogP contribution is 2.57. The number of aryl methyl sites for hydroxylation is 1. The van der Waals surface area contributed by atoms with Crippen LogP contribution in [0.25, 0.3) is 0 Å². The van der Waals surface area contributed by atoms with Crippen LogP contribution < -0.4 is 10.2 Å². The summed E-state index contributed by atoms with van der Waals surface area (Å²) in [4.78, 5) is 36.0. The van der Waals surface area contributed by atoms with E-state index in [2.05, 4.69) is 20.3 Å². The van der Waals surface area contributed by atoms with Gasteiger partial charge in [0, 0.05) is 52.2 Å². The fourth-order valence-corrected chi connectivity index (χ4v) is 5.71. The molecule has 3 aliphatic carbocycles. The second-order valence-corrected chi connectivity index (χ2v) is 10.4. The van der Waals surface area contributed by atoms with Gasteiger partial charge in [0.2, 0.25) is 11.8 Å². The fraction of sp³-hybridized carbons (Fsp3) is 0.600. The van der Waals surface area contributed by atoms with Gasteiger partial charge in [-0.25, -0.2) is 9.37 Å². The van der Waals surface area contributed by atoms with Gasteiger partial charge in [-0.15, -0.1) is 0 Å². The van der Waals surface area contributed by atoms with Crippen LogP contribution in [0.15, 0.2) is 30.9 Å². The van der Waals surface area contributed by atoms with Crippen molar-refractivity contribution in [3.8, 4) is 0 Å². The Bertz CT molecular complexity index is 1060. The number of benzene rings is 1. The van der Waals surface area contributed by atoms with Crippen LogP contribution >= 0.6 is 0 Å². The summed E-state index contributed by atoms with van der Waals surface area (Å²) in [6, 6.07) is 4.51. The molecule has 10 heteroatoms. The lowest BCUT2D eigenvalue weighted by atomic mass is 9.50. The summed E-state index contributed by atoms with van der Waals surface area (Å²) in [6.07, 6.45) is 7.32. The van der Waals surface area contributed by atoms with Gasteiger partial charge in [-0.1, -0.05) is 6.07 Å². The van der Waals surface area contributed by atoms with Crippen molar-refractivity contribution < 1.29 is 14.0 Å². The van der Waals surface area contributed by atoms with E-state index in [1.165, 1.54) is 12.4 Å². The first-order valence-corrected chi connectivity index (χ1v) is 12.5. The van der Waals surface area contributed by atoms with Crippen LogP contribution in [0.4, 0.5) is 10.1 Å². The molecular formula is C25H34FN7O2. The Kier molecular flexibility index (Phi) is 6.48. The predicted octanol–water partition coefficient (Wildman–Crippen LogP) is 1.82. The normalized spacial score (nSPS) is 24.7. The van der Waals surface area contributed by atoms with Crippen molar-refractivity contribution in [2.24, 2.45) is 5.92 Å². The molecule has 1 aromatic carbocycles. The molecule has 4 fully saturated rings. The number of rotatable bonds is 8. The topological polar surface area (TPSA) is 86.6 Å². The highest BCUT2D eigenvalue weighted by molar-refractivity contribution is 5.84. The Balaban J connectivity index is 1.30. The maximum atomic E-state index is 14.9. The van der Waals surface area contributed by atoms with Crippen molar-refractivity contribution in [2.75, 3.05) is 45.2 Å². The summed E-state index contributed by atoms with van der Waals surface area (Å²) in [7, 11) is 3.60. The average molecular weight is 484 g/mol. The van der Waals surface area contributed by atoms with Crippen molar-refractivity contribution in [1.29, 1.82) is 0 Å². The molecule has 1 aliphatic heterocycles. The van der Waals surface area contributed by atoms with E-state index >= 15 is 0 Å². The third kappa shape index (κ3) is 4.89. The lowest BCUT2D eigenvalue weighted by Gasteiger charge is -2.62. The molecule has 2 aromatic rings. The number of nitrogens with one attached hydrogen (secondary N) is 1. The largest absolute Gasteiger partial charge is 0.375 e. The van der Waals surface area contributed by atoms with Gasteiger partial charge in [-0.3, -0.25) is 19.2 Å². The van der Waals surface area contributed by atoms with Crippen LogP contribution in [0, 0.1) is 11.7 Å². The lowest BCUT2D eigenvalue weighted by Crippen LogP contribution is -2.69. The first kappa shape index (κ1) is 23.7. The molecule has 1 N–H and O–H groups in total. The van der Waals surface area contributed by atoms with Gasteiger partial charge in [0.05, 0.1) is 12.2 Å². The molecule has 1 atom stereocenters. The lowest BCUT2D eigenvalue weighted by molar-refractivity contribution is -0.138. The van der Waals surface area contributed by atoms with Crippen molar-refractivity contribution >= 4 is 17.5 Å². The third-order valence-corrected chi connectivity index (χ3v) is 7.71. The predicted molar refractivity (Wildman–Crippen MR) is 129 cm³/mol. The molecule has 1 aromatic heterocycles. The van der Waals surface area contributed by atoms with Crippen molar-refractivity contribution in [1.82, 2.24) is 29.9 Å². The average Bonchev–Trinajstić information content (AvgIpc) is 3.18. The SMILES string of the molecule is CN(C)c1ccc(C(C(=O)NC23CC(C2)C3)N2CCCN(C(=O)CCn3cncn3)CC2)cc1F. The van der Waals surface area contributed by atoms with E-state index in [0.29, 0.717) is 50.4 Å². The van der Waals surface area contributed by atoms with Gasteiger partial charge in [0.25, 0.3) is 0 Å². The van der Waals surface area contributed by atoms with Gasteiger partial charge in [-0.2, -0.15) is 5.10 Å². The summed E-state index contributed by atoms with van der Waals surface area (Å²) in [5, 5.41) is 7.35. The summed E-state index contributed by atoms with van der Waals surface area (Å²) in [5.41, 5.74) is 1.09. The van der Waals surface area contributed by atoms with Crippen molar-refractivity contribution in [2.45, 2.75) is 50.2 Å². The van der Waals surface area contributed by atoms with Crippen LogP contribution in [-0.4, -0.2) is 82.2 Å². The van der Waals surface area contributed by atoms with Crippen molar-refractivity contribution in [3.63, 3.8) is 0 Å². The molecule has 9 nitrogen and oxygen atoms in total. The summed E-state index contributed by atoms with van der Waals surface area (Å²) in [5.74, 6) is 0.418. The van der Waals surface area contributed by atoms with Crippen LogP contribution in [-0.2, 0) is 16.1 Å². The number of hydrogen-bond donors (Lipinski definition) is 1. The molecule has 1 unspecified atom stereocenters. The molecular weight excluding hydrogens is 449 g/mol. The number of nitrogens with zero attached hydrogens (tertiary/aromatic N) is 6. The number of amides is 2. The zero-order valence-corrected chi connectivity index (χ0v) is 20.5. The van der Waals surface area contributed by atoms with E-state index in [1.807, 2.05) is 11.0 Å². The molecule has 2 heterocycles. The number of halogens is 1. The Morgan fingerprint density at radius 3 is 2.63 bits per heavy atom. The number of anilines is 1. The van der Waals surface area contributed by atoms with Crippen LogP contribution in [0.5, 0.6) is 0 Å². The highest BCUT2D eigenvalue weighted by atomic mass is 19.1. The minimum Gasteiger partial charge on any atom is -0.375 e. The van der Waals surface area contributed by atoms with E-state index in [0.717, 1.165) is 31.6 Å². The zero-order chi connectivity index (χ0) is 24.6. The fourth-order valence-electron chi connectivity index (χ4n) is 5.71. The second kappa shape index (κ2) is 9.56. The quantitative estimate of drug-likeness (QED) is 0.617. The summed E-state index contributed by atoms with van der Waals surface area (Å²) in [6.45, 7) is 2.88. The minimum atomic E-state index is -0.583. The number of carbonyl (C=O) groups excluding carboxylic acids is 2. The van der Waals surface area contributed by atoms with Gasteiger partial charge in [0.1, 0.15) is 24.5 Å². The van der Waals surface area contributed by atoms with Gasteiger partial charge < -0.3 is 15.1 Å². The van der Waals surface area contributed by atoms with Gasteiger partial charge in [-0.05, 0) is 49.3 Å². The molecule has 1 saturated heterocycles. The molecule has 2 bridgehead atoms. The van der Waals surface area contributed by atoms with Gasteiger partial charge >= 0.3 is 0 Å². The maximum absolute atomic E-state index is 14.9. The number of carbonyl (C=O) groups is 2. The Morgan fingerprint density at radius 2 is 2.00 bits per heavy atom. The van der Waals surface area contributed by atoms with Crippen molar-refractivity contribution in [3.05, 3.63) is 42.2 Å². The van der Waals surface area contributed by atoms with E-state index in [4.69, 9.17) is 0 Å². The summed E-state index contributed by atoms with van der Waals surface area (Å²) < 4.78 is 16.6. The molecule has 2 amide bonds. The zero-order valence-electron chi connectivity index (χ0n) is 20.5. The van der Waals surface area contributed by atoms with E-state index in [9.17, 15) is 14.0 Å². The van der Waals surface area contributed by atoms with E-state index < -0.39 is 6.04 Å². The molecule has 35 heavy (non-hydrogen) atoms. The Morgan fingerprint density at radius 1 is 1.20 bits per heavy atom. The van der Waals surface area contributed by atoms with E-state index in [-0.39, 0.29) is 23.2 Å². The molecule has 0 radical (unpaired) electrons. The van der Waals surface area contributed by atoms with E-state index in [1.54, 1.807) is 36.1 Å². The number of aromatic nitrogens is 3. The Labute approximate surface area is 205 Å². The molecule has 4 aliphatic rings. The minimum absolute atomic E-state index is 0.0582. The molecule has 6 rings (SSSR count). The molecule has 0 spiro atoms.